The first-order valence-electron chi connectivity index (χ1n) is 7.63. The molecular formula is C18H18N2O3S. The molecule has 3 rings (SSSR count). The first kappa shape index (κ1) is 16.4. The monoisotopic (exact) mass is 342 g/mol. The lowest BCUT2D eigenvalue weighted by atomic mass is 10.0. The topological polar surface area (TPSA) is 69.2 Å². The molecule has 0 N–H and O–H groups in total. The van der Waals surface area contributed by atoms with Crippen LogP contribution in [0.25, 0.3) is 10.9 Å². The molecular weight excluding hydrogens is 324 g/mol. The summed E-state index contributed by atoms with van der Waals surface area (Å²) in [6, 6.07) is 12.1. The standard InChI is InChI=1S/C18H18N2O3S/c1-12(2)15-5-4-6-16-17(15)19-11-20-18(16)23-24(21,22)14-9-7-13(3)8-10-14/h4-12H,1-3H3. The Bertz CT molecular complexity index is 981. The van der Waals surface area contributed by atoms with Crippen LogP contribution < -0.4 is 4.18 Å². The summed E-state index contributed by atoms with van der Waals surface area (Å²) >= 11 is 0. The summed E-state index contributed by atoms with van der Waals surface area (Å²) in [7, 11) is -3.94. The maximum Gasteiger partial charge on any atom is 0.340 e. The average Bonchev–Trinajstić information content (AvgIpc) is 2.54. The predicted molar refractivity (Wildman–Crippen MR) is 92.6 cm³/mol. The number of rotatable bonds is 4. The van der Waals surface area contributed by atoms with Crippen LogP contribution in [0.5, 0.6) is 5.88 Å². The highest BCUT2D eigenvalue weighted by Crippen LogP contribution is 2.29. The second-order valence-electron chi connectivity index (χ2n) is 5.93. The summed E-state index contributed by atoms with van der Waals surface area (Å²) < 4.78 is 30.3. The number of hydrogen-bond donors (Lipinski definition) is 0. The fraction of sp³-hybridized carbons (Fsp3) is 0.222. The largest absolute Gasteiger partial charge is 0.357 e. The summed E-state index contributed by atoms with van der Waals surface area (Å²) in [5.74, 6) is 0.299. The van der Waals surface area contributed by atoms with Crippen LogP contribution in [0.15, 0.2) is 53.7 Å². The molecule has 0 aliphatic heterocycles. The smallest absolute Gasteiger partial charge is 0.340 e. The number of nitrogens with zero attached hydrogens (tertiary/aromatic N) is 2. The second-order valence-corrected chi connectivity index (χ2v) is 7.47. The summed E-state index contributed by atoms with van der Waals surface area (Å²) in [5, 5.41) is 0.583. The molecule has 0 aliphatic rings. The van der Waals surface area contributed by atoms with E-state index in [1.54, 1.807) is 18.2 Å². The van der Waals surface area contributed by atoms with Gasteiger partial charge in [-0.15, -0.1) is 0 Å². The van der Waals surface area contributed by atoms with Gasteiger partial charge in [0.25, 0.3) is 0 Å². The number of benzene rings is 2. The van der Waals surface area contributed by atoms with Gasteiger partial charge in [-0.25, -0.2) is 9.97 Å². The minimum atomic E-state index is -3.94. The van der Waals surface area contributed by atoms with Crippen LogP contribution in [0, 0.1) is 6.92 Å². The van der Waals surface area contributed by atoms with E-state index in [4.69, 9.17) is 4.18 Å². The van der Waals surface area contributed by atoms with E-state index < -0.39 is 10.1 Å². The zero-order valence-electron chi connectivity index (χ0n) is 13.7. The average molecular weight is 342 g/mol. The van der Waals surface area contributed by atoms with Gasteiger partial charge in [0.05, 0.1) is 10.9 Å². The van der Waals surface area contributed by atoms with E-state index in [2.05, 4.69) is 23.8 Å². The van der Waals surface area contributed by atoms with Crippen molar-refractivity contribution in [1.82, 2.24) is 9.97 Å². The van der Waals surface area contributed by atoms with Gasteiger partial charge in [0.15, 0.2) is 0 Å². The van der Waals surface area contributed by atoms with Crippen LogP contribution in [0.4, 0.5) is 0 Å². The van der Waals surface area contributed by atoms with Gasteiger partial charge >= 0.3 is 10.1 Å². The highest BCUT2D eigenvalue weighted by Gasteiger charge is 2.20. The van der Waals surface area contributed by atoms with E-state index in [1.165, 1.54) is 18.5 Å². The van der Waals surface area contributed by atoms with Crippen molar-refractivity contribution in [3.05, 3.63) is 59.9 Å². The molecule has 124 valence electrons. The first-order chi connectivity index (χ1) is 11.4. The highest BCUT2D eigenvalue weighted by atomic mass is 32.2. The van der Waals surface area contributed by atoms with Gasteiger partial charge in [0, 0.05) is 0 Å². The fourth-order valence-electron chi connectivity index (χ4n) is 2.48. The number of para-hydroxylation sites is 1. The minimum Gasteiger partial charge on any atom is -0.357 e. The fourth-order valence-corrected chi connectivity index (χ4v) is 3.38. The Morgan fingerprint density at radius 2 is 1.71 bits per heavy atom. The van der Waals surface area contributed by atoms with Gasteiger partial charge < -0.3 is 4.18 Å². The third-order valence-corrected chi connectivity index (χ3v) is 5.01. The van der Waals surface area contributed by atoms with E-state index >= 15 is 0 Å². The Kier molecular flexibility index (Phi) is 4.24. The molecule has 0 spiro atoms. The van der Waals surface area contributed by atoms with Crippen molar-refractivity contribution in [3.8, 4) is 5.88 Å². The Balaban J connectivity index is 2.07. The second kappa shape index (κ2) is 6.20. The quantitative estimate of drug-likeness (QED) is 0.674. The number of hydrogen-bond acceptors (Lipinski definition) is 5. The molecule has 0 atom stereocenters. The lowest BCUT2D eigenvalue weighted by molar-refractivity contribution is 0.479. The van der Waals surface area contributed by atoms with E-state index in [1.807, 2.05) is 19.1 Å². The molecule has 0 fully saturated rings. The van der Waals surface area contributed by atoms with Crippen molar-refractivity contribution < 1.29 is 12.6 Å². The van der Waals surface area contributed by atoms with Crippen molar-refractivity contribution in [1.29, 1.82) is 0 Å². The maximum absolute atomic E-state index is 12.5. The van der Waals surface area contributed by atoms with Crippen molar-refractivity contribution >= 4 is 21.0 Å². The number of aryl methyl sites for hydroxylation is 1. The van der Waals surface area contributed by atoms with Crippen molar-refractivity contribution in [3.63, 3.8) is 0 Å². The highest BCUT2D eigenvalue weighted by molar-refractivity contribution is 7.87. The lowest BCUT2D eigenvalue weighted by Crippen LogP contribution is -2.11. The van der Waals surface area contributed by atoms with Crippen molar-refractivity contribution in [2.45, 2.75) is 31.6 Å². The Morgan fingerprint density at radius 3 is 2.38 bits per heavy atom. The third kappa shape index (κ3) is 3.10. The maximum atomic E-state index is 12.5. The van der Waals surface area contributed by atoms with E-state index in [9.17, 15) is 8.42 Å². The van der Waals surface area contributed by atoms with Crippen molar-refractivity contribution in [2.24, 2.45) is 0 Å². The lowest BCUT2D eigenvalue weighted by Gasteiger charge is -2.12. The molecule has 1 heterocycles. The summed E-state index contributed by atoms with van der Waals surface area (Å²) in [4.78, 5) is 8.41. The van der Waals surface area contributed by atoms with Gasteiger partial charge in [0.2, 0.25) is 5.88 Å². The third-order valence-electron chi connectivity index (χ3n) is 3.78. The molecule has 5 nitrogen and oxygen atoms in total. The Morgan fingerprint density at radius 1 is 1.00 bits per heavy atom. The van der Waals surface area contributed by atoms with Crippen LogP contribution in [0.2, 0.25) is 0 Å². The molecule has 0 saturated heterocycles. The van der Waals surface area contributed by atoms with Crippen LogP contribution in [0.1, 0.15) is 30.9 Å². The van der Waals surface area contributed by atoms with Gasteiger partial charge in [-0.2, -0.15) is 8.42 Å². The SMILES string of the molecule is Cc1ccc(S(=O)(=O)Oc2ncnc3c(C(C)C)cccc23)cc1. The zero-order valence-corrected chi connectivity index (χ0v) is 14.5. The normalized spacial score (nSPS) is 11.8. The molecule has 2 aromatic carbocycles. The molecule has 0 radical (unpaired) electrons. The van der Waals surface area contributed by atoms with Crippen molar-refractivity contribution in [2.75, 3.05) is 0 Å². The first-order valence-corrected chi connectivity index (χ1v) is 9.04. The Hall–Kier alpha value is -2.47. The van der Waals surface area contributed by atoms with E-state index in [0.29, 0.717) is 10.9 Å². The summed E-state index contributed by atoms with van der Waals surface area (Å²) in [5.41, 5.74) is 2.70. The van der Waals surface area contributed by atoms with Gasteiger partial charge in [-0.1, -0.05) is 43.7 Å². The van der Waals surface area contributed by atoms with Crippen LogP contribution in [0.3, 0.4) is 0 Å². The molecule has 0 saturated carbocycles. The summed E-state index contributed by atoms with van der Waals surface area (Å²) in [6.07, 6.45) is 1.33. The molecule has 1 aromatic heterocycles. The van der Waals surface area contributed by atoms with Gasteiger partial charge in [-0.3, -0.25) is 0 Å². The molecule has 0 aliphatic carbocycles. The predicted octanol–water partition coefficient (Wildman–Crippen LogP) is 3.83. The molecule has 0 unspecified atom stereocenters. The molecule has 3 aromatic rings. The number of aromatic nitrogens is 2. The van der Waals surface area contributed by atoms with Gasteiger partial charge in [-0.05, 0) is 36.6 Å². The molecule has 24 heavy (non-hydrogen) atoms. The minimum absolute atomic E-state index is 0.0445. The molecule has 6 heteroatoms. The molecule has 0 bridgehead atoms. The zero-order chi connectivity index (χ0) is 17.3. The van der Waals surface area contributed by atoms with Crippen LogP contribution in [-0.2, 0) is 10.1 Å². The van der Waals surface area contributed by atoms with E-state index in [0.717, 1.165) is 11.1 Å². The van der Waals surface area contributed by atoms with E-state index in [-0.39, 0.29) is 16.7 Å². The summed E-state index contributed by atoms with van der Waals surface area (Å²) in [6.45, 7) is 6.00. The van der Waals surface area contributed by atoms with Gasteiger partial charge in [0.1, 0.15) is 11.2 Å². The van der Waals surface area contributed by atoms with Crippen LogP contribution >= 0.6 is 0 Å². The Labute approximate surface area is 141 Å². The number of fused-ring (bicyclic) bond motifs is 1. The van der Waals surface area contributed by atoms with Crippen LogP contribution in [-0.4, -0.2) is 18.4 Å². The molecule has 0 amide bonds.